The summed E-state index contributed by atoms with van der Waals surface area (Å²) in [7, 11) is 0. The van der Waals surface area contributed by atoms with Crippen molar-refractivity contribution in [3.8, 4) is 0 Å². The van der Waals surface area contributed by atoms with Crippen LogP contribution in [0.1, 0.15) is 41.6 Å². The molecule has 1 N–H and O–H groups in total. The van der Waals surface area contributed by atoms with Gasteiger partial charge >= 0.3 is 0 Å². The van der Waals surface area contributed by atoms with E-state index in [1.165, 1.54) is 0 Å². The van der Waals surface area contributed by atoms with Crippen molar-refractivity contribution in [3.05, 3.63) is 81.8 Å². The second-order valence-electron chi connectivity index (χ2n) is 8.17. The zero-order chi connectivity index (χ0) is 23.7. The molecule has 0 fully saturated rings. The highest BCUT2D eigenvalue weighted by Gasteiger charge is 2.44. The highest BCUT2D eigenvalue weighted by molar-refractivity contribution is 6.31. The molecule has 1 aliphatic rings. The molecule has 3 aromatic rings. The van der Waals surface area contributed by atoms with Gasteiger partial charge in [-0.25, -0.2) is 0 Å². The van der Waals surface area contributed by atoms with E-state index < -0.39 is 23.5 Å². The smallest absolute Gasteiger partial charge is 0.290 e. The summed E-state index contributed by atoms with van der Waals surface area (Å²) in [4.78, 5) is 30.5. The maximum absolute atomic E-state index is 13.6. The van der Waals surface area contributed by atoms with Crippen LogP contribution in [0.25, 0.3) is 11.0 Å². The van der Waals surface area contributed by atoms with E-state index in [2.05, 4.69) is 18.7 Å². The van der Waals surface area contributed by atoms with Crippen LogP contribution in [0.4, 0.5) is 0 Å². The number of benzene rings is 2. The number of aliphatic hydroxyl groups excluding tert-OH is 1. The number of halogens is 1. The van der Waals surface area contributed by atoms with Gasteiger partial charge < -0.3 is 19.3 Å². The Morgan fingerprint density at radius 3 is 2.58 bits per heavy atom. The van der Waals surface area contributed by atoms with Crippen LogP contribution in [0.15, 0.2) is 64.3 Å². The number of fused-ring (bicyclic) bond motifs is 1. The Bertz CT molecular complexity index is 1240. The summed E-state index contributed by atoms with van der Waals surface area (Å²) in [5, 5.41) is 12.1. The fourth-order valence-corrected chi connectivity index (χ4v) is 4.56. The average Bonchev–Trinajstić information content (AvgIpc) is 3.33. The lowest BCUT2D eigenvalue weighted by Gasteiger charge is -2.30. The van der Waals surface area contributed by atoms with Crippen LogP contribution >= 0.6 is 11.6 Å². The first kappa shape index (κ1) is 23.1. The molecule has 0 saturated heterocycles. The largest absolute Gasteiger partial charge is 0.503 e. The van der Waals surface area contributed by atoms with Crippen molar-refractivity contribution >= 4 is 34.3 Å². The van der Waals surface area contributed by atoms with Crippen LogP contribution < -0.4 is 0 Å². The van der Waals surface area contributed by atoms with Gasteiger partial charge in [0.15, 0.2) is 11.5 Å². The fraction of sp³-hybridized carbons (Fsp3) is 0.308. The molecule has 0 spiro atoms. The minimum absolute atomic E-state index is 0.0407. The summed E-state index contributed by atoms with van der Waals surface area (Å²) < 4.78 is 5.77. The van der Waals surface area contributed by atoms with Crippen molar-refractivity contribution in [3.63, 3.8) is 0 Å². The van der Waals surface area contributed by atoms with Crippen molar-refractivity contribution in [1.29, 1.82) is 0 Å². The van der Waals surface area contributed by atoms with E-state index in [4.69, 9.17) is 16.0 Å². The summed E-state index contributed by atoms with van der Waals surface area (Å²) in [6.45, 7) is 8.78. The lowest BCUT2D eigenvalue weighted by atomic mass is 9.92. The number of rotatable bonds is 8. The van der Waals surface area contributed by atoms with Crippen LogP contribution in [0.3, 0.4) is 0 Å². The summed E-state index contributed by atoms with van der Waals surface area (Å²) in [6.07, 6.45) is 0. The van der Waals surface area contributed by atoms with Gasteiger partial charge in [0.2, 0.25) is 5.78 Å². The van der Waals surface area contributed by atoms with E-state index in [0.717, 1.165) is 24.2 Å². The highest BCUT2D eigenvalue weighted by Crippen LogP contribution is 2.40. The van der Waals surface area contributed by atoms with Gasteiger partial charge in [0, 0.05) is 23.5 Å². The number of amides is 1. The van der Waals surface area contributed by atoms with E-state index in [0.29, 0.717) is 29.1 Å². The summed E-state index contributed by atoms with van der Waals surface area (Å²) in [6, 6.07) is 13.6. The lowest BCUT2D eigenvalue weighted by Crippen LogP contribution is -2.38. The summed E-state index contributed by atoms with van der Waals surface area (Å²) in [5.41, 5.74) is 2.29. The first-order chi connectivity index (χ1) is 15.8. The van der Waals surface area contributed by atoms with Gasteiger partial charge in [0.25, 0.3) is 5.91 Å². The predicted octanol–water partition coefficient (Wildman–Crippen LogP) is 5.31. The zero-order valence-electron chi connectivity index (χ0n) is 19.0. The molecule has 1 unspecified atom stereocenters. The number of carbonyl (C=O) groups is 2. The third-order valence-electron chi connectivity index (χ3n) is 6.29. The molecule has 1 atom stereocenters. The van der Waals surface area contributed by atoms with Crippen molar-refractivity contribution in [2.45, 2.75) is 26.8 Å². The summed E-state index contributed by atoms with van der Waals surface area (Å²) >= 11 is 6.07. The zero-order valence-corrected chi connectivity index (χ0v) is 19.7. The van der Waals surface area contributed by atoms with E-state index in [1.807, 2.05) is 31.2 Å². The number of furan rings is 1. The lowest BCUT2D eigenvalue weighted by molar-refractivity contribution is -0.129. The van der Waals surface area contributed by atoms with Crippen LogP contribution in [0.2, 0.25) is 5.02 Å². The monoisotopic (exact) mass is 466 g/mol. The molecule has 1 amide bonds. The number of hydrogen-bond donors (Lipinski definition) is 1. The minimum Gasteiger partial charge on any atom is -0.503 e. The molecule has 0 radical (unpaired) electrons. The Morgan fingerprint density at radius 2 is 1.88 bits per heavy atom. The molecule has 2 aromatic carbocycles. The first-order valence-corrected chi connectivity index (χ1v) is 11.5. The van der Waals surface area contributed by atoms with Gasteiger partial charge in [-0.15, -0.1) is 0 Å². The third kappa shape index (κ3) is 4.28. The van der Waals surface area contributed by atoms with Crippen molar-refractivity contribution in [2.24, 2.45) is 0 Å². The Hall–Kier alpha value is -3.09. The Labute approximate surface area is 198 Å². The Kier molecular flexibility index (Phi) is 6.58. The van der Waals surface area contributed by atoms with E-state index in [-0.39, 0.29) is 11.3 Å². The molecule has 0 bridgehead atoms. The molecule has 7 heteroatoms. The van der Waals surface area contributed by atoms with Crippen LogP contribution in [-0.4, -0.2) is 52.8 Å². The van der Waals surface area contributed by atoms with Crippen molar-refractivity contribution < 1.29 is 19.1 Å². The maximum Gasteiger partial charge on any atom is 0.290 e. The molecular weight excluding hydrogens is 440 g/mol. The molecule has 172 valence electrons. The number of aryl methyl sites for hydroxylation is 1. The van der Waals surface area contributed by atoms with Gasteiger partial charge in [-0.3, -0.25) is 9.59 Å². The number of carbonyl (C=O) groups excluding carboxylic acids is 2. The highest BCUT2D eigenvalue weighted by atomic mass is 35.5. The maximum atomic E-state index is 13.6. The van der Waals surface area contributed by atoms with E-state index in [9.17, 15) is 14.7 Å². The van der Waals surface area contributed by atoms with Gasteiger partial charge in [-0.05, 0) is 55.4 Å². The van der Waals surface area contributed by atoms with Gasteiger partial charge in [-0.2, -0.15) is 0 Å². The number of nitrogens with zero attached hydrogens (tertiary/aromatic N) is 2. The number of likely N-dealkylation sites (N-methyl/N-ethyl adjacent to an activating group) is 1. The number of aliphatic hydroxyl groups is 1. The van der Waals surface area contributed by atoms with Gasteiger partial charge in [-0.1, -0.05) is 49.7 Å². The van der Waals surface area contributed by atoms with Gasteiger partial charge in [0.1, 0.15) is 5.58 Å². The normalized spacial score (nSPS) is 16.5. The van der Waals surface area contributed by atoms with Gasteiger partial charge in [0.05, 0.1) is 11.6 Å². The second-order valence-corrected chi connectivity index (χ2v) is 8.61. The fourth-order valence-electron chi connectivity index (χ4n) is 4.38. The van der Waals surface area contributed by atoms with Crippen LogP contribution in [0.5, 0.6) is 0 Å². The van der Waals surface area contributed by atoms with E-state index >= 15 is 0 Å². The molecule has 2 heterocycles. The minimum atomic E-state index is -0.696. The molecule has 0 aliphatic carbocycles. The summed E-state index contributed by atoms with van der Waals surface area (Å²) in [5.74, 6) is -1.51. The number of hydrogen-bond acceptors (Lipinski definition) is 5. The van der Waals surface area contributed by atoms with Crippen LogP contribution in [0, 0.1) is 6.92 Å². The number of Topliss-reactive ketones (excluding diaryl/α,β-unsaturated/α-hetero) is 1. The average molecular weight is 467 g/mol. The molecule has 6 nitrogen and oxygen atoms in total. The topological polar surface area (TPSA) is 74.0 Å². The predicted molar refractivity (Wildman–Crippen MR) is 129 cm³/mol. The first-order valence-electron chi connectivity index (χ1n) is 11.1. The van der Waals surface area contributed by atoms with Crippen LogP contribution in [-0.2, 0) is 4.79 Å². The standard InChI is InChI=1S/C26H27ClN2O4/c1-4-28(5-2)12-13-29-23(19-9-7-6-8-16(19)3)22(25(31)26(29)32)24(30)21-15-17-14-18(27)10-11-20(17)33-21/h6-11,14-15,23,31H,4-5,12-13H2,1-3H3. The molecule has 1 aromatic heterocycles. The molecule has 33 heavy (non-hydrogen) atoms. The Morgan fingerprint density at radius 1 is 1.15 bits per heavy atom. The third-order valence-corrected chi connectivity index (χ3v) is 6.52. The SMILES string of the molecule is CCN(CC)CCN1C(=O)C(O)=C(C(=O)c2cc3cc(Cl)ccc3o2)C1c1ccccc1C. The van der Waals surface area contributed by atoms with Crippen molar-refractivity contribution in [2.75, 3.05) is 26.2 Å². The van der Waals surface area contributed by atoms with Crippen molar-refractivity contribution in [1.82, 2.24) is 9.80 Å². The molecule has 0 saturated carbocycles. The second kappa shape index (κ2) is 9.41. The quantitative estimate of drug-likeness (QED) is 0.455. The Balaban J connectivity index is 1.77. The molecule has 1 aliphatic heterocycles. The molecule has 4 rings (SSSR count). The number of ketones is 1. The van der Waals surface area contributed by atoms with E-state index in [1.54, 1.807) is 29.2 Å². The molecular formula is C26H27ClN2O4.